The van der Waals surface area contributed by atoms with Crippen LogP contribution in [0.15, 0.2) is 103 Å². The molecule has 0 aliphatic rings. The maximum atomic E-state index is 12.5. The molecule has 0 bridgehead atoms. The first kappa shape index (κ1) is 21.6. The molecule has 5 nitrogen and oxygen atoms in total. The third-order valence-electron chi connectivity index (χ3n) is 6.34. The largest absolute Gasteiger partial charge is 0.508 e. The summed E-state index contributed by atoms with van der Waals surface area (Å²) in [4.78, 5) is 21.1. The van der Waals surface area contributed by atoms with E-state index in [0.717, 1.165) is 55.1 Å². The zero-order chi connectivity index (χ0) is 24.5. The second kappa shape index (κ2) is 9.04. The number of nitrogens with zero attached hydrogens (tertiary/aromatic N) is 1. The predicted molar refractivity (Wildman–Crippen MR) is 146 cm³/mol. The maximum Gasteiger partial charge on any atom is 0.244 e. The van der Waals surface area contributed by atoms with Crippen LogP contribution in [-0.4, -0.2) is 21.0 Å². The van der Waals surface area contributed by atoms with Crippen LogP contribution in [0.25, 0.3) is 49.9 Å². The van der Waals surface area contributed by atoms with Crippen LogP contribution in [0.1, 0.15) is 11.3 Å². The van der Waals surface area contributed by atoms with Crippen LogP contribution >= 0.6 is 0 Å². The summed E-state index contributed by atoms with van der Waals surface area (Å²) in [7, 11) is 0. The number of para-hydroxylation sites is 1. The molecule has 5 heteroatoms. The Kier molecular flexibility index (Phi) is 5.43. The van der Waals surface area contributed by atoms with Crippen LogP contribution in [0.3, 0.4) is 0 Å². The van der Waals surface area contributed by atoms with Gasteiger partial charge in [-0.15, -0.1) is 0 Å². The van der Waals surface area contributed by atoms with Gasteiger partial charge >= 0.3 is 0 Å². The number of phenols is 1. The molecule has 0 atom stereocenters. The highest BCUT2D eigenvalue weighted by Gasteiger charge is 2.15. The first-order valence-electron chi connectivity index (χ1n) is 11.8. The maximum absolute atomic E-state index is 12.5. The minimum Gasteiger partial charge on any atom is -0.508 e. The number of nitrogens with one attached hydrogen (secondary N) is 2. The molecule has 0 unspecified atom stereocenters. The van der Waals surface area contributed by atoms with Gasteiger partial charge in [0.15, 0.2) is 0 Å². The SMILES string of the molecule is O=C(/C=C/c1cccc(O)c1)NCc1cc2c([nH]c3ccccc32)c(-c2cccc3ccccc23)n1. The Morgan fingerprint density at radius 1 is 0.861 bits per heavy atom. The van der Waals surface area contributed by atoms with Crippen molar-refractivity contribution in [2.75, 3.05) is 0 Å². The Morgan fingerprint density at radius 3 is 2.53 bits per heavy atom. The highest BCUT2D eigenvalue weighted by atomic mass is 16.3. The fraction of sp³-hybridized carbons (Fsp3) is 0.0323. The quantitative estimate of drug-likeness (QED) is 0.250. The van der Waals surface area contributed by atoms with Gasteiger partial charge in [-0.3, -0.25) is 4.79 Å². The second-order valence-corrected chi connectivity index (χ2v) is 8.73. The molecule has 2 heterocycles. The number of carbonyl (C=O) groups excluding carboxylic acids is 1. The summed E-state index contributed by atoms with van der Waals surface area (Å²) in [6.07, 6.45) is 3.14. The van der Waals surface area contributed by atoms with E-state index >= 15 is 0 Å². The minimum absolute atomic E-state index is 0.162. The lowest BCUT2D eigenvalue weighted by molar-refractivity contribution is -0.116. The Hall–Kier alpha value is -4.90. The van der Waals surface area contributed by atoms with Gasteiger partial charge in [-0.25, -0.2) is 4.98 Å². The molecule has 0 spiro atoms. The fourth-order valence-electron chi connectivity index (χ4n) is 4.65. The van der Waals surface area contributed by atoms with Crippen LogP contribution in [0, 0.1) is 0 Å². The van der Waals surface area contributed by atoms with E-state index in [9.17, 15) is 9.90 Å². The lowest BCUT2D eigenvalue weighted by Gasteiger charge is -2.11. The number of carbonyl (C=O) groups is 1. The summed E-state index contributed by atoms with van der Waals surface area (Å²) in [5.74, 6) is -0.0689. The Bertz CT molecular complexity index is 1780. The number of aromatic amines is 1. The van der Waals surface area contributed by atoms with Crippen molar-refractivity contribution < 1.29 is 9.90 Å². The van der Waals surface area contributed by atoms with Crippen molar-refractivity contribution >= 4 is 44.6 Å². The topological polar surface area (TPSA) is 78.0 Å². The molecule has 1 amide bonds. The smallest absolute Gasteiger partial charge is 0.244 e. The van der Waals surface area contributed by atoms with E-state index < -0.39 is 0 Å². The molecule has 4 aromatic carbocycles. The highest BCUT2D eigenvalue weighted by Crippen LogP contribution is 2.35. The zero-order valence-electron chi connectivity index (χ0n) is 19.4. The summed E-state index contributed by atoms with van der Waals surface area (Å²) in [5, 5.41) is 17.0. The highest BCUT2D eigenvalue weighted by molar-refractivity contribution is 6.13. The summed E-state index contributed by atoms with van der Waals surface area (Å²) < 4.78 is 0. The molecule has 0 saturated carbocycles. The summed E-state index contributed by atoms with van der Waals surface area (Å²) >= 11 is 0. The van der Waals surface area contributed by atoms with E-state index in [4.69, 9.17) is 4.98 Å². The van der Waals surface area contributed by atoms with Gasteiger partial charge in [0.05, 0.1) is 23.4 Å². The van der Waals surface area contributed by atoms with E-state index in [1.807, 2.05) is 36.4 Å². The number of aromatic nitrogens is 2. The van der Waals surface area contributed by atoms with Gasteiger partial charge < -0.3 is 15.4 Å². The number of H-pyrrole nitrogens is 1. The first-order valence-corrected chi connectivity index (χ1v) is 11.8. The number of hydrogen-bond acceptors (Lipinski definition) is 3. The zero-order valence-corrected chi connectivity index (χ0v) is 19.4. The van der Waals surface area contributed by atoms with Gasteiger partial charge in [0.25, 0.3) is 0 Å². The van der Waals surface area contributed by atoms with Gasteiger partial charge in [-0.1, -0.05) is 72.8 Å². The van der Waals surface area contributed by atoms with Crippen LogP contribution in [0.5, 0.6) is 5.75 Å². The molecule has 3 N–H and O–H groups in total. The predicted octanol–water partition coefficient (Wildman–Crippen LogP) is 6.57. The first-order chi connectivity index (χ1) is 17.7. The average Bonchev–Trinajstić information content (AvgIpc) is 3.29. The number of aromatic hydroxyl groups is 1. The Morgan fingerprint density at radius 2 is 1.64 bits per heavy atom. The normalized spacial score (nSPS) is 11.6. The van der Waals surface area contributed by atoms with Crippen molar-refractivity contribution in [2.24, 2.45) is 0 Å². The molecular formula is C31H23N3O2. The molecule has 36 heavy (non-hydrogen) atoms. The van der Waals surface area contributed by atoms with Gasteiger partial charge in [0.2, 0.25) is 5.91 Å². The van der Waals surface area contributed by atoms with Crippen molar-refractivity contribution in [1.82, 2.24) is 15.3 Å². The Labute approximate surface area is 207 Å². The number of fused-ring (bicyclic) bond motifs is 4. The Balaban J connectivity index is 1.40. The number of benzene rings is 4. The van der Waals surface area contributed by atoms with Gasteiger partial charge in [-0.05, 0) is 46.7 Å². The molecule has 0 aliphatic heterocycles. The lowest BCUT2D eigenvalue weighted by atomic mass is 10.00. The van der Waals surface area contributed by atoms with Crippen molar-refractivity contribution in [3.05, 3.63) is 114 Å². The monoisotopic (exact) mass is 469 g/mol. The average molecular weight is 470 g/mol. The molecule has 6 rings (SSSR count). The van der Waals surface area contributed by atoms with E-state index in [1.165, 1.54) is 6.08 Å². The molecule has 6 aromatic rings. The fourth-order valence-corrected chi connectivity index (χ4v) is 4.65. The molecule has 0 aliphatic carbocycles. The third-order valence-corrected chi connectivity index (χ3v) is 6.34. The number of rotatable bonds is 5. The summed E-state index contributed by atoms with van der Waals surface area (Å²) in [6, 6.07) is 31.5. The van der Waals surface area contributed by atoms with E-state index in [2.05, 4.69) is 52.8 Å². The van der Waals surface area contributed by atoms with Crippen molar-refractivity contribution in [3.63, 3.8) is 0 Å². The third kappa shape index (κ3) is 4.07. The van der Waals surface area contributed by atoms with E-state index in [-0.39, 0.29) is 18.2 Å². The number of amides is 1. The van der Waals surface area contributed by atoms with Crippen molar-refractivity contribution in [3.8, 4) is 17.0 Å². The lowest BCUT2D eigenvalue weighted by Crippen LogP contribution is -2.21. The molecular weight excluding hydrogens is 446 g/mol. The summed E-state index contributed by atoms with van der Waals surface area (Å²) in [5.41, 5.74) is 5.45. The van der Waals surface area contributed by atoms with Crippen molar-refractivity contribution in [1.29, 1.82) is 0 Å². The van der Waals surface area contributed by atoms with Gasteiger partial charge in [0.1, 0.15) is 5.75 Å². The number of phenolic OH excluding ortho intramolecular Hbond substituents is 1. The standard InChI is InChI=1S/C31H23N3O2/c35-23-10-5-7-20(17-23)15-16-29(36)32-19-22-18-27-25-12-3-4-14-28(25)34-31(27)30(33-22)26-13-6-9-21-8-1-2-11-24(21)26/h1-18,34-35H,19H2,(H,32,36)/b16-15+. The second-order valence-electron chi connectivity index (χ2n) is 8.73. The van der Waals surface area contributed by atoms with Gasteiger partial charge in [-0.2, -0.15) is 0 Å². The number of pyridine rings is 1. The molecule has 0 saturated heterocycles. The van der Waals surface area contributed by atoms with E-state index in [1.54, 1.807) is 24.3 Å². The van der Waals surface area contributed by atoms with Crippen LogP contribution in [-0.2, 0) is 11.3 Å². The number of hydrogen-bond donors (Lipinski definition) is 3. The van der Waals surface area contributed by atoms with Crippen LogP contribution in [0.4, 0.5) is 0 Å². The molecule has 2 aromatic heterocycles. The van der Waals surface area contributed by atoms with Crippen LogP contribution in [0.2, 0.25) is 0 Å². The molecule has 174 valence electrons. The minimum atomic E-state index is -0.231. The van der Waals surface area contributed by atoms with Crippen molar-refractivity contribution in [2.45, 2.75) is 6.54 Å². The molecule has 0 fully saturated rings. The summed E-state index contributed by atoms with van der Waals surface area (Å²) in [6.45, 7) is 0.288. The van der Waals surface area contributed by atoms with E-state index in [0.29, 0.717) is 0 Å². The van der Waals surface area contributed by atoms with Gasteiger partial charge in [0, 0.05) is 27.9 Å². The molecule has 0 radical (unpaired) electrons. The van der Waals surface area contributed by atoms with Crippen LogP contribution < -0.4 is 5.32 Å².